The third-order valence-electron chi connectivity index (χ3n) is 3.90. The molecule has 4 heteroatoms. The van der Waals surface area contributed by atoms with Gasteiger partial charge in [0.25, 0.3) is 0 Å². The molecule has 2 rings (SSSR count). The summed E-state index contributed by atoms with van der Waals surface area (Å²) in [6, 6.07) is 15.6. The molecule has 0 bridgehead atoms. The highest BCUT2D eigenvalue weighted by atomic mass is 16.2. The third-order valence-corrected chi connectivity index (χ3v) is 3.90. The minimum absolute atomic E-state index is 0.0191. The van der Waals surface area contributed by atoms with Crippen LogP contribution in [0.1, 0.15) is 43.5 Å². The fourth-order valence-corrected chi connectivity index (χ4v) is 2.51. The van der Waals surface area contributed by atoms with Crippen molar-refractivity contribution in [3.8, 4) is 0 Å². The van der Waals surface area contributed by atoms with Gasteiger partial charge in [-0.2, -0.15) is 0 Å². The van der Waals surface area contributed by atoms with Gasteiger partial charge in [-0.15, -0.1) is 0 Å². The summed E-state index contributed by atoms with van der Waals surface area (Å²) in [5.74, 6) is -0.127. The molecule has 0 saturated carbocycles. The molecule has 0 saturated heterocycles. The molecule has 0 radical (unpaired) electrons. The van der Waals surface area contributed by atoms with Gasteiger partial charge in [0, 0.05) is 12.6 Å². The molecule has 0 aliphatic carbocycles. The van der Waals surface area contributed by atoms with Crippen molar-refractivity contribution >= 4 is 17.5 Å². The summed E-state index contributed by atoms with van der Waals surface area (Å²) in [6.45, 7) is 5.58. The maximum Gasteiger partial charge on any atom is 0.224 e. The SMILES string of the molecule is CCc1ccc([C@H](C)NC(=O)Cc2ccc(NC(C)=O)cc2)cc1. The van der Waals surface area contributed by atoms with Crippen molar-refractivity contribution in [2.24, 2.45) is 0 Å². The third kappa shape index (κ3) is 5.23. The van der Waals surface area contributed by atoms with E-state index in [9.17, 15) is 9.59 Å². The van der Waals surface area contributed by atoms with Gasteiger partial charge in [-0.25, -0.2) is 0 Å². The first-order valence-corrected chi connectivity index (χ1v) is 8.22. The summed E-state index contributed by atoms with van der Waals surface area (Å²) in [6.07, 6.45) is 1.33. The fraction of sp³-hybridized carbons (Fsp3) is 0.300. The van der Waals surface area contributed by atoms with E-state index >= 15 is 0 Å². The van der Waals surface area contributed by atoms with E-state index in [1.165, 1.54) is 12.5 Å². The molecule has 0 unspecified atom stereocenters. The standard InChI is InChI=1S/C20H24N2O2/c1-4-16-5-9-18(10-6-16)14(2)21-20(24)13-17-7-11-19(12-8-17)22-15(3)23/h5-12,14H,4,13H2,1-3H3,(H,21,24)(H,22,23)/t14-/m0/s1. The minimum atomic E-state index is -0.108. The number of carbonyl (C=O) groups excluding carboxylic acids is 2. The van der Waals surface area contributed by atoms with Crippen molar-refractivity contribution in [2.45, 2.75) is 39.7 Å². The molecule has 2 aromatic rings. The van der Waals surface area contributed by atoms with Gasteiger partial charge in [0.05, 0.1) is 12.5 Å². The molecule has 24 heavy (non-hydrogen) atoms. The molecule has 0 heterocycles. The Morgan fingerprint density at radius 3 is 2.08 bits per heavy atom. The van der Waals surface area contributed by atoms with Gasteiger partial charge in [0.15, 0.2) is 0 Å². The molecule has 0 spiro atoms. The van der Waals surface area contributed by atoms with E-state index in [1.807, 2.05) is 19.1 Å². The molecular formula is C20H24N2O2. The van der Waals surface area contributed by atoms with Crippen LogP contribution in [0.3, 0.4) is 0 Å². The molecule has 2 N–H and O–H groups in total. The van der Waals surface area contributed by atoms with E-state index in [4.69, 9.17) is 0 Å². The van der Waals surface area contributed by atoms with E-state index < -0.39 is 0 Å². The number of hydrogen-bond acceptors (Lipinski definition) is 2. The molecule has 1 atom stereocenters. The largest absolute Gasteiger partial charge is 0.349 e. The number of carbonyl (C=O) groups is 2. The highest BCUT2D eigenvalue weighted by Gasteiger charge is 2.10. The Hall–Kier alpha value is -2.62. The zero-order valence-corrected chi connectivity index (χ0v) is 14.4. The van der Waals surface area contributed by atoms with Crippen LogP contribution in [0, 0.1) is 0 Å². The lowest BCUT2D eigenvalue weighted by molar-refractivity contribution is -0.121. The van der Waals surface area contributed by atoms with Gasteiger partial charge in [0.2, 0.25) is 11.8 Å². The second kappa shape index (κ2) is 8.29. The highest BCUT2D eigenvalue weighted by molar-refractivity contribution is 5.88. The zero-order valence-electron chi connectivity index (χ0n) is 14.4. The van der Waals surface area contributed by atoms with E-state index in [0.29, 0.717) is 6.42 Å². The van der Waals surface area contributed by atoms with Crippen molar-refractivity contribution in [2.75, 3.05) is 5.32 Å². The van der Waals surface area contributed by atoms with Crippen LogP contribution in [0.25, 0.3) is 0 Å². The Morgan fingerprint density at radius 1 is 0.958 bits per heavy atom. The average molecular weight is 324 g/mol. The molecule has 0 fully saturated rings. The lowest BCUT2D eigenvalue weighted by atomic mass is 10.0. The smallest absolute Gasteiger partial charge is 0.224 e. The Morgan fingerprint density at radius 2 is 1.54 bits per heavy atom. The van der Waals surface area contributed by atoms with Gasteiger partial charge in [0.1, 0.15) is 0 Å². The van der Waals surface area contributed by atoms with Crippen LogP contribution in [-0.4, -0.2) is 11.8 Å². The van der Waals surface area contributed by atoms with Crippen molar-refractivity contribution in [1.29, 1.82) is 0 Å². The molecule has 2 aromatic carbocycles. The molecule has 0 aromatic heterocycles. The number of rotatable bonds is 6. The first kappa shape index (κ1) is 17.7. The molecule has 4 nitrogen and oxygen atoms in total. The molecule has 0 aliphatic heterocycles. The van der Waals surface area contributed by atoms with E-state index in [-0.39, 0.29) is 17.9 Å². The molecule has 2 amide bonds. The van der Waals surface area contributed by atoms with Gasteiger partial charge < -0.3 is 10.6 Å². The fourth-order valence-electron chi connectivity index (χ4n) is 2.51. The van der Waals surface area contributed by atoms with Crippen LogP contribution in [0.4, 0.5) is 5.69 Å². The summed E-state index contributed by atoms with van der Waals surface area (Å²) >= 11 is 0. The number of benzene rings is 2. The summed E-state index contributed by atoms with van der Waals surface area (Å²) in [5.41, 5.74) is 4.03. The maximum absolute atomic E-state index is 12.2. The van der Waals surface area contributed by atoms with E-state index in [1.54, 1.807) is 12.1 Å². The van der Waals surface area contributed by atoms with Gasteiger partial charge in [-0.1, -0.05) is 43.3 Å². The summed E-state index contributed by atoms with van der Waals surface area (Å²) < 4.78 is 0. The number of nitrogens with one attached hydrogen (secondary N) is 2. The van der Waals surface area contributed by atoms with Gasteiger partial charge in [-0.3, -0.25) is 9.59 Å². The number of hydrogen-bond donors (Lipinski definition) is 2. The minimum Gasteiger partial charge on any atom is -0.349 e. The Labute approximate surface area is 143 Å². The first-order valence-electron chi connectivity index (χ1n) is 8.22. The van der Waals surface area contributed by atoms with Crippen molar-refractivity contribution in [3.63, 3.8) is 0 Å². The highest BCUT2D eigenvalue weighted by Crippen LogP contribution is 2.15. The van der Waals surface area contributed by atoms with Gasteiger partial charge >= 0.3 is 0 Å². The van der Waals surface area contributed by atoms with Gasteiger partial charge in [-0.05, 0) is 42.2 Å². The van der Waals surface area contributed by atoms with Crippen LogP contribution in [-0.2, 0) is 22.4 Å². The Balaban J connectivity index is 1.90. The lowest BCUT2D eigenvalue weighted by Crippen LogP contribution is -2.28. The number of anilines is 1. The molecular weight excluding hydrogens is 300 g/mol. The normalized spacial score (nSPS) is 11.6. The second-order valence-electron chi connectivity index (χ2n) is 5.94. The second-order valence-corrected chi connectivity index (χ2v) is 5.94. The first-order chi connectivity index (χ1) is 11.5. The topological polar surface area (TPSA) is 58.2 Å². The zero-order chi connectivity index (χ0) is 17.5. The maximum atomic E-state index is 12.2. The van der Waals surface area contributed by atoms with Crippen molar-refractivity contribution in [3.05, 3.63) is 65.2 Å². The van der Waals surface area contributed by atoms with Crippen LogP contribution in [0.5, 0.6) is 0 Å². The van der Waals surface area contributed by atoms with Crippen LogP contribution in [0.2, 0.25) is 0 Å². The van der Waals surface area contributed by atoms with Crippen molar-refractivity contribution in [1.82, 2.24) is 5.32 Å². The van der Waals surface area contributed by atoms with E-state index in [2.05, 4.69) is 41.8 Å². The Bertz CT molecular complexity index is 691. The predicted octanol–water partition coefficient (Wildman–Crippen LogP) is 3.63. The lowest BCUT2D eigenvalue weighted by Gasteiger charge is -2.15. The van der Waals surface area contributed by atoms with E-state index in [0.717, 1.165) is 23.2 Å². The Kier molecular flexibility index (Phi) is 6.13. The summed E-state index contributed by atoms with van der Waals surface area (Å²) in [7, 11) is 0. The van der Waals surface area contributed by atoms with Crippen LogP contribution < -0.4 is 10.6 Å². The predicted molar refractivity (Wildman–Crippen MR) is 96.8 cm³/mol. The van der Waals surface area contributed by atoms with Crippen LogP contribution in [0.15, 0.2) is 48.5 Å². The monoisotopic (exact) mass is 324 g/mol. The summed E-state index contributed by atoms with van der Waals surface area (Å²) in [4.78, 5) is 23.2. The average Bonchev–Trinajstić information content (AvgIpc) is 2.56. The quantitative estimate of drug-likeness (QED) is 0.852. The number of aryl methyl sites for hydroxylation is 1. The van der Waals surface area contributed by atoms with Crippen LogP contribution >= 0.6 is 0 Å². The molecule has 126 valence electrons. The van der Waals surface area contributed by atoms with Crippen molar-refractivity contribution < 1.29 is 9.59 Å². The number of amides is 2. The molecule has 0 aliphatic rings. The summed E-state index contributed by atoms with van der Waals surface area (Å²) in [5, 5.41) is 5.73.